The van der Waals surface area contributed by atoms with Crippen LogP contribution in [0.25, 0.3) is 0 Å². The molecule has 66 valence electrons. The molecule has 0 bridgehead atoms. The normalized spacial score (nSPS) is 13.8. The molecule has 13 heavy (non-hydrogen) atoms. The molecule has 1 aliphatic heterocycles. The molecular weight excluding hydrogens is 168 g/mol. The molecule has 3 nitrogen and oxygen atoms in total. The van der Waals surface area contributed by atoms with E-state index in [1.807, 2.05) is 0 Å². The summed E-state index contributed by atoms with van der Waals surface area (Å²) in [5.74, 6) is 0.327. The lowest BCUT2D eigenvalue weighted by molar-refractivity contribution is -0.131. The van der Waals surface area contributed by atoms with E-state index in [1.165, 1.54) is 6.92 Å². The van der Waals surface area contributed by atoms with Crippen LogP contribution in [0.4, 0.5) is 0 Å². The Morgan fingerprint density at radius 3 is 2.92 bits per heavy atom. The van der Waals surface area contributed by atoms with Gasteiger partial charge in [-0.3, -0.25) is 9.59 Å². The Kier molecular flexibility index (Phi) is 1.65. The van der Waals surface area contributed by atoms with Crippen LogP contribution in [0, 0.1) is 0 Å². The molecule has 0 fully saturated rings. The zero-order chi connectivity index (χ0) is 9.42. The average molecular weight is 176 g/mol. The summed E-state index contributed by atoms with van der Waals surface area (Å²) >= 11 is 0. The van der Waals surface area contributed by atoms with E-state index in [0.717, 1.165) is 5.56 Å². The topological polar surface area (TPSA) is 43.4 Å². The summed E-state index contributed by atoms with van der Waals surface area (Å²) < 4.78 is 4.89. The number of esters is 1. The van der Waals surface area contributed by atoms with Gasteiger partial charge in [0.2, 0.25) is 0 Å². The molecule has 1 aromatic rings. The van der Waals surface area contributed by atoms with Gasteiger partial charge >= 0.3 is 5.97 Å². The molecule has 0 saturated carbocycles. The maximum atomic E-state index is 11.0. The van der Waals surface area contributed by atoms with E-state index in [0.29, 0.717) is 11.3 Å². The van der Waals surface area contributed by atoms with Crippen LogP contribution in [0.2, 0.25) is 0 Å². The summed E-state index contributed by atoms with van der Waals surface area (Å²) in [7, 11) is 0. The van der Waals surface area contributed by atoms with Gasteiger partial charge in [-0.1, -0.05) is 0 Å². The van der Waals surface area contributed by atoms with E-state index in [4.69, 9.17) is 4.74 Å². The van der Waals surface area contributed by atoms with Gasteiger partial charge in [0.25, 0.3) is 0 Å². The lowest BCUT2D eigenvalue weighted by Gasteiger charge is -1.98. The van der Waals surface area contributed by atoms with Crippen LogP contribution in [0.5, 0.6) is 5.75 Å². The van der Waals surface area contributed by atoms with E-state index in [2.05, 4.69) is 0 Å². The van der Waals surface area contributed by atoms with Crippen molar-refractivity contribution in [3.8, 4) is 5.75 Å². The van der Waals surface area contributed by atoms with Crippen molar-refractivity contribution in [2.45, 2.75) is 13.3 Å². The van der Waals surface area contributed by atoms with Gasteiger partial charge in [-0.25, -0.2) is 0 Å². The van der Waals surface area contributed by atoms with Crippen molar-refractivity contribution in [3.05, 3.63) is 29.3 Å². The lowest BCUT2D eigenvalue weighted by Crippen LogP contribution is -2.00. The molecule has 1 aromatic carbocycles. The fourth-order valence-electron chi connectivity index (χ4n) is 1.35. The quantitative estimate of drug-likeness (QED) is 0.368. The molecular formula is C10H8O3. The van der Waals surface area contributed by atoms with Crippen molar-refractivity contribution < 1.29 is 14.3 Å². The number of Topliss-reactive ketones (excluding diaryl/α,β-unsaturated/α-hetero) is 1. The highest BCUT2D eigenvalue weighted by atomic mass is 16.5. The zero-order valence-corrected chi connectivity index (χ0v) is 7.16. The number of hydrogen-bond acceptors (Lipinski definition) is 3. The summed E-state index contributed by atoms with van der Waals surface area (Å²) in [5.41, 5.74) is 1.43. The van der Waals surface area contributed by atoms with E-state index in [-0.39, 0.29) is 18.2 Å². The van der Waals surface area contributed by atoms with Gasteiger partial charge in [0, 0.05) is 11.1 Å². The molecule has 1 aliphatic rings. The van der Waals surface area contributed by atoms with Gasteiger partial charge in [-0.15, -0.1) is 0 Å². The van der Waals surface area contributed by atoms with E-state index in [1.54, 1.807) is 18.2 Å². The van der Waals surface area contributed by atoms with Crippen LogP contribution in [0.15, 0.2) is 18.2 Å². The monoisotopic (exact) mass is 176 g/mol. The van der Waals surface area contributed by atoms with Gasteiger partial charge in [0.15, 0.2) is 5.78 Å². The fourth-order valence-corrected chi connectivity index (χ4v) is 1.35. The predicted octanol–water partition coefficient (Wildman–Crippen LogP) is 1.35. The molecule has 0 aromatic heterocycles. The molecule has 0 spiro atoms. The number of carbonyl (C=O) groups is 2. The summed E-state index contributed by atoms with van der Waals surface area (Å²) in [6.45, 7) is 1.50. The second-order valence-electron chi connectivity index (χ2n) is 3.03. The molecule has 0 unspecified atom stereocenters. The summed E-state index contributed by atoms with van der Waals surface area (Å²) in [4.78, 5) is 21.9. The third-order valence-electron chi connectivity index (χ3n) is 2.03. The molecule has 0 saturated heterocycles. The highest BCUT2D eigenvalue weighted by Crippen LogP contribution is 2.26. The third kappa shape index (κ3) is 1.33. The van der Waals surface area contributed by atoms with Crippen LogP contribution >= 0.6 is 0 Å². The Morgan fingerprint density at radius 2 is 2.23 bits per heavy atom. The lowest BCUT2D eigenvalue weighted by atomic mass is 10.1. The van der Waals surface area contributed by atoms with Crippen LogP contribution in [-0.2, 0) is 11.2 Å². The highest BCUT2D eigenvalue weighted by Gasteiger charge is 2.20. The molecule has 0 atom stereocenters. The smallest absolute Gasteiger partial charge is 0.315 e. The molecule has 3 heteroatoms. The maximum Gasteiger partial charge on any atom is 0.315 e. The first-order valence-electron chi connectivity index (χ1n) is 4.01. The van der Waals surface area contributed by atoms with Gasteiger partial charge < -0.3 is 4.74 Å². The van der Waals surface area contributed by atoms with Gasteiger partial charge in [0.05, 0.1) is 6.42 Å². The van der Waals surface area contributed by atoms with Crippen molar-refractivity contribution in [2.24, 2.45) is 0 Å². The molecule has 1 heterocycles. The Labute approximate surface area is 75.3 Å². The summed E-state index contributed by atoms with van der Waals surface area (Å²) in [6, 6.07) is 5.04. The minimum Gasteiger partial charge on any atom is -0.426 e. The minimum absolute atomic E-state index is 0.00199. The number of ether oxygens (including phenoxy) is 1. The SMILES string of the molecule is CC(=O)c1ccc2c(c1)CC(=O)O2. The standard InChI is InChI=1S/C10H8O3/c1-6(11)7-2-3-9-8(4-7)5-10(12)13-9/h2-4H,5H2,1H3. The van der Waals surface area contributed by atoms with Crippen LogP contribution in [-0.4, -0.2) is 11.8 Å². The first-order chi connectivity index (χ1) is 6.16. The minimum atomic E-state index is -0.254. The third-order valence-corrected chi connectivity index (χ3v) is 2.03. The second-order valence-corrected chi connectivity index (χ2v) is 3.03. The number of rotatable bonds is 1. The van der Waals surface area contributed by atoms with Crippen molar-refractivity contribution in [1.29, 1.82) is 0 Å². The largest absolute Gasteiger partial charge is 0.426 e. The fraction of sp³-hybridized carbons (Fsp3) is 0.200. The number of carbonyl (C=O) groups excluding carboxylic acids is 2. The van der Waals surface area contributed by atoms with Crippen LogP contribution in [0.3, 0.4) is 0 Å². The Bertz CT molecular complexity index is 393. The Hall–Kier alpha value is -1.64. The van der Waals surface area contributed by atoms with Crippen LogP contribution < -0.4 is 4.74 Å². The molecule has 0 amide bonds. The number of benzene rings is 1. The van der Waals surface area contributed by atoms with Crippen LogP contribution in [0.1, 0.15) is 22.8 Å². The zero-order valence-electron chi connectivity index (χ0n) is 7.16. The summed E-state index contributed by atoms with van der Waals surface area (Å²) in [6.07, 6.45) is 0.274. The van der Waals surface area contributed by atoms with E-state index >= 15 is 0 Å². The Morgan fingerprint density at radius 1 is 1.46 bits per heavy atom. The number of fused-ring (bicyclic) bond motifs is 1. The average Bonchev–Trinajstić information content (AvgIpc) is 2.42. The summed E-state index contributed by atoms with van der Waals surface area (Å²) in [5, 5.41) is 0. The second kappa shape index (κ2) is 2.69. The molecule has 0 N–H and O–H groups in total. The molecule has 2 rings (SSSR count). The molecule has 0 radical (unpaired) electrons. The predicted molar refractivity (Wildman–Crippen MR) is 45.8 cm³/mol. The Balaban J connectivity index is 2.45. The number of ketones is 1. The van der Waals surface area contributed by atoms with Crippen molar-refractivity contribution >= 4 is 11.8 Å². The highest BCUT2D eigenvalue weighted by molar-refractivity contribution is 5.95. The van der Waals surface area contributed by atoms with E-state index < -0.39 is 0 Å². The van der Waals surface area contributed by atoms with Crippen molar-refractivity contribution in [2.75, 3.05) is 0 Å². The van der Waals surface area contributed by atoms with Gasteiger partial charge in [-0.2, -0.15) is 0 Å². The van der Waals surface area contributed by atoms with Crippen molar-refractivity contribution in [1.82, 2.24) is 0 Å². The molecule has 0 aliphatic carbocycles. The van der Waals surface area contributed by atoms with Gasteiger partial charge in [0.1, 0.15) is 5.75 Å². The van der Waals surface area contributed by atoms with Gasteiger partial charge in [-0.05, 0) is 25.1 Å². The first kappa shape index (κ1) is 7.98. The van der Waals surface area contributed by atoms with Crippen molar-refractivity contribution in [3.63, 3.8) is 0 Å². The number of hydrogen-bond donors (Lipinski definition) is 0. The maximum absolute atomic E-state index is 11.0. The first-order valence-corrected chi connectivity index (χ1v) is 4.01. The van der Waals surface area contributed by atoms with E-state index in [9.17, 15) is 9.59 Å².